The van der Waals surface area contributed by atoms with Crippen LogP contribution in [0.4, 0.5) is 10.5 Å². The molecular weight excluding hydrogens is 374 g/mol. The molecule has 1 aromatic carbocycles. The number of benzene rings is 1. The molecule has 1 aromatic rings. The summed E-state index contributed by atoms with van der Waals surface area (Å²) < 4.78 is 7.28. The molecule has 0 aliphatic carbocycles. The van der Waals surface area contributed by atoms with E-state index >= 15 is 0 Å². The monoisotopic (exact) mass is 399 g/mol. The lowest BCUT2D eigenvalue weighted by atomic mass is 10.1. The minimum Gasteiger partial charge on any atom is -0.465 e. The topological polar surface area (TPSA) is 49.8 Å². The number of carboxylic acid groups (broad SMARTS) is 1. The van der Waals surface area contributed by atoms with Gasteiger partial charge < -0.3 is 9.53 Å². The summed E-state index contributed by atoms with van der Waals surface area (Å²) in [7, 11) is -1.75. The Morgan fingerprint density at radius 1 is 1.39 bits per heavy atom. The molecule has 1 aliphatic heterocycles. The molecule has 0 atom stereocenters. The molecule has 1 aliphatic rings. The molecule has 0 fully saturated rings. The van der Waals surface area contributed by atoms with Gasteiger partial charge in [0.05, 0.1) is 5.69 Å². The van der Waals surface area contributed by atoms with Gasteiger partial charge >= 0.3 is 6.09 Å². The van der Waals surface area contributed by atoms with Crippen LogP contribution in [-0.2, 0) is 17.3 Å². The highest BCUT2D eigenvalue weighted by molar-refractivity contribution is 9.10. The van der Waals surface area contributed by atoms with Crippen LogP contribution in [0.2, 0.25) is 18.1 Å². The molecule has 23 heavy (non-hydrogen) atoms. The number of rotatable bonds is 4. The Hall–Kier alpha value is -0.853. The minimum absolute atomic E-state index is 0.197. The van der Waals surface area contributed by atoms with E-state index in [0.29, 0.717) is 13.2 Å². The summed E-state index contributed by atoms with van der Waals surface area (Å²) >= 11 is 3.62. The summed E-state index contributed by atoms with van der Waals surface area (Å²) in [6.45, 7) is 12.4. The molecule has 1 N–H and O–H groups in total. The third kappa shape index (κ3) is 3.98. The molecule has 0 saturated carbocycles. The van der Waals surface area contributed by atoms with Gasteiger partial charge in [-0.25, -0.2) is 4.79 Å². The zero-order valence-corrected chi connectivity index (χ0v) is 17.2. The molecule has 1 heterocycles. The van der Waals surface area contributed by atoms with Crippen LogP contribution >= 0.6 is 15.9 Å². The van der Waals surface area contributed by atoms with Crippen LogP contribution in [0.15, 0.2) is 16.6 Å². The van der Waals surface area contributed by atoms with E-state index in [-0.39, 0.29) is 5.04 Å². The van der Waals surface area contributed by atoms with Gasteiger partial charge in [0.2, 0.25) is 0 Å². The van der Waals surface area contributed by atoms with Gasteiger partial charge in [-0.3, -0.25) is 4.90 Å². The molecule has 1 amide bonds. The molecule has 0 saturated heterocycles. The second-order valence-electron chi connectivity index (χ2n) is 7.62. The number of hydrogen-bond acceptors (Lipinski definition) is 2. The first kappa shape index (κ1) is 18.5. The third-order valence-corrected chi connectivity index (χ3v) is 10.3. The highest BCUT2D eigenvalue weighted by Gasteiger charge is 2.37. The molecule has 0 spiro atoms. The lowest BCUT2D eigenvalue weighted by Crippen LogP contribution is -2.41. The first-order chi connectivity index (χ1) is 10.5. The number of fused-ring (bicyclic) bond motifs is 1. The number of hydrogen-bond donors (Lipinski definition) is 1. The van der Waals surface area contributed by atoms with Gasteiger partial charge in [-0.05, 0) is 54.2 Å². The van der Waals surface area contributed by atoms with E-state index in [0.717, 1.165) is 34.1 Å². The number of nitrogens with zero attached hydrogens (tertiary/aromatic N) is 1. The van der Waals surface area contributed by atoms with E-state index in [2.05, 4.69) is 55.9 Å². The Kier molecular flexibility index (Phi) is 5.28. The van der Waals surface area contributed by atoms with E-state index in [4.69, 9.17) is 4.43 Å². The van der Waals surface area contributed by atoms with Crippen molar-refractivity contribution in [2.75, 3.05) is 18.1 Å². The molecule has 0 radical (unpaired) electrons. The Labute approximate surface area is 148 Å². The molecule has 4 nitrogen and oxygen atoms in total. The van der Waals surface area contributed by atoms with E-state index in [1.54, 1.807) is 0 Å². The van der Waals surface area contributed by atoms with Crippen LogP contribution < -0.4 is 4.90 Å². The Balaban J connectivity index is 2.10. The Morgan fingerprint density at radius 2 is 2.04 bits per heavy atom. The van der Waals surface area contributed by atoms with Crippen molar-refractivity contribution >= 4 is 36.0 Å². The van der Waals surface area contributed by atoms with Gasteiger partial charge in [0.15, 0.2) is 8.32 Å². The number of carbonyl (C=O) groups is 1. The number of halogens is 1. The molecular formula is C17H26BrNO3Si. The summed E-state index contributed by atoms with van der Waals surface area (Å²) in [6, 6.07) is 4.05. The second-order valence-corrected chi connectivity index (χ2v) is 13.3. The van der Waals surface area contributed by atoms with Crippen molar-refractivity contribution in [2.45, 2.75) is 51.7 Å². The zero-order valence-electron chi connectivity index (χ0n) is 14.6. The average molecular weight is 400 g/mol. The molecule has 0 aromatic heterocycles. The fourth-order valence-corrected chi connectivity index (χ4v) is 4.11. The quantitative estimate of drug-likeness (QED) is 0.720. The maximum Gasteiger partial charge on any atom is 0.411 e. The number of anilines is 1. The van der Waals surface area contributed by atoms with E-state index < -0.39 is 14.4 Å². The second kappa shape index (κ2) is 6.57. The predicted octanol–water partition coefficient (Wildman–Crippen LogP) is 5.05. The number of amides is 1. The Morgan fingerprint density at radius 3 is 2.61 bits per heavy atom. The molecule has 0 unspecified atom stereocenters. The van der Waals surface area contributed by atoms with Crippen molar-refractivity contribution < 1.29 is 14.3 Å². The summed E-state index contributed by atoms with van der Waals surface area (Å²) in [5.41, 5.74) is 3.02. The zero-order chi connectivity index (χ0) is 17.4. The summed E-state index contributed by atoms with van der Waals surface area (Å²) in [4.78, 5) is 12.7. The van der Waals surface area contributed by atoms with Gasteiger partial charge in [-0.2, -0.15) is 0 Å². The van der Waals surface area contributed by atoms with Crippen LogP contribution in [0.1, 0.15) is 31.9 Å². The van der Waals surface area contributed by atoms with E-state index in [1.165, 1.54) is 4.90 Å². The van der Waals surface area contributed by atoms with Crippen molar-refractivity contribution in [3.8, 4) is 0 Å². The minimum atomic E-state index is -1.75. The van der Waals surface area contributed by atoms with Crippen LogP contribution in [0.25, 0.3) is 0 Å². The molecule has 6 heteroatoms. The van der Waals surface area contributed by atoms with Crippen LogP contribution in [0, 0.1) is 0 Å². The third-order valence-electron chi connectivity index (χ3n) is 5.01. The van der Waals surface area contributed by atoms with Crippen molar-refractivity contribution in [3.63, 3.8) is 0 Å². The van der Waals surface area contributed by atoms with Gasteiger partial charge in [0.1, 0.15) is 0 Å². The molecule has 0 bridgehead atoms. The highest BCUT2D eigenvalue weighted by atomic mass is 79.9. The smallest absolute Gasteiger partial charge is 0.411 e. The highest BCUT2D eigenvalue weighted by Crippen LogP contribution is 2.37. The standard InChI is InChI=1S/C17H26BrNO3Si/c1-17(2,3)23(4,5)22-9-7-12-11-15-13(10-14(12)18)6-8-19(15)16(20)21/h10-11H,6-9H2,1-5H3,(H,20,21). The van der Waals surface area contributed by atoms with Crippen molar-refractivity contribution in [3.05, 3.63) is 27.7 Å². The largest absolute Gasteiger partial charge is 0.465 e. The van der Waals surface area contributed by atoms with E-state index in [9.17, 15) is 9.90 Å². The fraction of sp³-hybridized carbons (Fsp3) is 0.588. The van der Waals surface area contributed by atoms with Crippen molar-refractivity contribution in [1.82, 2.24) is 0 Å². The van der Waals surface area contributed by atoms with Crippen LogP contribution in [0.3, 0.4) is 0 Å². The maximum absolute atomic E-state index is 11.3. The van der Waals surface area contributed by atoms with Crippen molar-refractivity contribution in [1.29, 1.82) is 0 Å². The van der Waals surface area contributed by atoms with Gasteiger partial charge in [-0.1, -0.05) is 36.7 Å². The van der Waals surface area contributed by atoms with Crippen LogP contribution in [0.5, 0.6) is 0 Å². The van der Waals surface area contributed by atoms with Gasteiger partial charge in [-0.15, -0.1) is 0 Å². The average Bonchev–Trinajstić information content (AvgIpc) is 2.80. The first-order valence-corrected chi connectivity index (χ1v) is 11.7. The normalized spacial score (nSPS) is 15.0. The Bertz CT molecular complexity index is 611. The maximum atomic E-state index is 11.3. The van der Waals surface area contributed by atoms with E-state index in [1.807, 2.05) is 6.07 Å². The van der Waals surface area contributed by atoms with Crippen LogP contribution in [-0.4, -0.2) is 32.7 Å². The summed E-state index contributed by atoms with van der Waals surface area (Å²) in [5.74, 6) is 0. The SMILES string of the molecule is CC(C)(C)[Si](C)(C)OCCc1cc2c(cc1Br)CCN2C(=O)O. The van der Waals surface area contributed by atoms with Gasteiger partial charge in [0, 0.05) is 17.6 Å². The summed E-state index contributed by atoms with van der Waals surface area (Å²) in [5, 5.41) is 9.48. The van der Waals surface area contributed by atoms with Gasteiger partial charge in [0.25, 0.3) is 0 Å². The van der Waals surface area contributed by atoms with Crippen molar-refractivity contribution in [2.24, 2.45) is 0 Å². The fourth-order valence-electron chi connectivity index (χ4n) is 2.47. The lowest BCUT2D eigenvalue weighted by molar-refractivity contribution is 0.202. The summed E-state index contributed by atoms with van der Waals surface area (Å²) in [6.07, 6.45) is 0.684. The first-order valence-electron chi connectivity index (χ1n) is 7.98. The molecule has 128 valence electrons. The molecule has 2 rings (SSSR count). The lowest BCUT2D eigenvalue weighted by Gasteiger charge is -2.36. The predicted molar refractivity (Wildman–Crippen MR) is 100 cm³/mol.